The van der Waals surface area contributed by atoms with E-state index >= 15 is 0 Å². The molecule has 0 radical (unpaired) electrons. The zero-order valence-corrected chi connectivity index (χ0v) is 9.18. The zero-order chi connectivity index (χ0) is 11.8. The molecule has 5 nitrogen and oxygen atoms in total. The molecule has 0 saturated carbocycles. The first-order chi connectivity index (χ1) is 8.25. The number of hydrogen-bond acceptors (Lipinski definition) is 3. The van der Waals surface area contributed by atoms with Crippen molar-refractivity contribution in [2.45, 2.75) is 13.0 Å². The molecule has 0 saturated heterocycles. The Morgan fingerprint density at radius 3 is 3.06 bits per heavy atom. The lowest BCUT2D eigenvalue weighted by Crippen LogP contribution is -2.13. The number of para-hydroxylation sites is 1. The molecular weight excluding hydrogens is 216 g/mol. The summed E-state index contributed by atoms with van der Waals surface area (Å²) in [4.78, 5) is 11.3. The fourth-order valence-corrected chi connectivity index (χ4v) is 2.08. The number of amides is 1. The van der Waals surface area contributed by atoms with Crippen LogP contribution >= 0.6 is 0 Å². The van der Waals surface area contributed by atoms with Crippen LogP contribution in [0.15, 0.2) is 30.5 Å². The van der Waals surface area contributed by atoms with Crippen molar-refractivity contribution in [2.75, 3.05) is 5.32 Å². The smallest absolute Gasteiger partial charge is 0.254 e. The van der Waals surface area contributed by atoms with Gasteiger partial charge in [-0.15, -0.1) is 0 Å². The van der Waals surface area contributed by atoms with E-state index in [1.165, 1.54) is 11.8 Å². The van der Waals surface area contributed by atoms with Gasteiger partial charge in [0, 0.05) is 12.2 Å². The van der Waals surface area contributed by atoms with Gasteiger partial charge in [0.1, 0.15) is 11.4 Å². The monoisotopic (exact) mass is 228 g/mol. The molecule has 86 valence electrons. The number of anilines is 2. The number of benzene rings is 1. The van der Waals surface area contributed by atoms with Gasteiger partial charge in [-0.1, -0.05) is 18.2 Å². The first-order valence-corrected chi connectivity index (χ1v) is 5.46. The number of carbonyl (C=O) groups is 1. The Balaban J connectivity index is 2.11. The summed E-state index contributed by atoms with van der Waals surface area (Å²) in [6.07, 6.45) is 2.40. The van der Waals surface area contributed by atoms with Gasteiger partial charge in [-0.3, -0.25) is 4.79 Å². The lowest BCUT2D eigenvalue weighted by Gasteiger charge is -2.07. The molecule has 3 rings (SSSR count). The van der Waals surface area contributed by atoms with Gasteiger partial charge in [-0.05, 0) is 18.1 Å². The molecular formula is C12H12N4O. The zero-order valence-electron chi connectivity index (χ0n) is 9.18. The van der Waals surface area contributed by atoms with Crippen molar-refractivity contribution in [3.8, 4) is 0 Å². The summed E-state index contributed by atoms with van der Waals surface area (Å²) in [5.74, 6) is 0.223. The molecule has 1 aliphatic heterocycles. The predicted molar refractivity (Wildman–Crippen MR) is 64.2 cm³/mol. The van der Waals surface area contributed by atoms with Crippen LogP contribution in [-0.4, -0.2) is 15.7 Å². The summed E-state index contributed by atoms with van der Waals surface area (Å²) in [7, 11) is 0. The van der Waals surface area contributed by atoms with E-state index in [0.717, 1.165) is 18.7 Å². The SMILES string of the molecule is NC(=O)c1cnn2c1Nc1ccccc1CC2. The van der Waals surface area contributed by atoms with Gasteiger partial charge in [0.2, 0.25) is 0 Å². The maximum absolute atomic E-state index is 11.3. The molecule has 0 fully saturated rings. The largest absolute Gasteiger partial charge is 0.365 e. The van der Waals surface area contributed by atoms with Crippen molar-refractivity contribution in [3.05, 3.63) is 41.6 Å². The molecule has 0 spiro atoms. The van der Waals surface area contributed by atoms with Crippen molar-refractivity contribution in [1.29, 1.82) is 0 Å². The Labute approximate surface area is 98.2 Å². The molecule has 0 aliphatic carbocycles. The molecule has 1 aromatic carbocycles. The topological polar surface area (TPSA) is 72.9 Å². The number of nitrogens with two attached hydrogens (primary N) is 1. The fourth-order valence-electron chi connectivity index (χ4n) is 2.08. The molecule has 0 bridgehead atoms. The minimum atomic E-state index is -0.460. The summed E-state index contributed by atoms with van der Waals surface area (Å²) in [6, 6.07) is 8.02. The predicted octanol–water partition coefficient (Wildman–Crippen LogP) is 1.28. The Kier molecular flexibility index (Phi) is 2.11. The number of aryl methyl sites for hydroxylation is 2. The highest BCUT2D eigenvalue weighted by Crippen LogP contribution is 2.27. The van der Waals surface area contributed by atoms with Gasteiger partial charge in [-0.2, -0.15) is 5.10 Å². The summed E-state index contributed by atoms with van der Waals surface area (Å²) >= 11 is 0. The number of nitrogens with one attached hydrogen (secondary N) is 1. The Hall–Kier alpha value is -2.30. The van der Waals surface area contributed by atoms with Crippen LogP contribution in [0, 0.1) is 0 Å². The molecule has 0 unspecified atom stereocenters. The van der Waals surface area contributed by atoms with Crippen LogP contribution in [0.4, 0.5) is 11.5 Å². The quantitative estimate of drug-likeness (QED) is 0.772. The van der Waals surface area contributed by atoms with Gasteiger partial charge >= 0.3 is 0 Å². The van der Waals surface area contributed by atoms with Crippen molar-refractivity contribution in [3.63, 3.8) is 0 Å². The Morgan fingerprint density at radius 2 is 2.24 bits per heavy atom. The first kappa shape index (κ1) is 9.89. The van der Waals surface area contributed by atoms with E-state index in [0.29, 0.717) is 11.4 Å². The third-order valence-electron chi connectivity index (χ3n) is 2.97. The molecule has 3 N–H and O–H groups in total. The Bertz CT molecular complexity index is 588. The number of primary amides is 1. The molecule has 17 heavy (non-hydrogen) atoms. The van der Waals surface area contributed by atoms with Crippen LogP contribution in [0.25, 0.3) is 0 Å². The molecule has 1 aromatic heterocycles. The van der Waals surface area contributed by atoms with Gasteiger partial charge < -0.3 is 11.1 Å². The average Bonchev–Trinajstić information content (AvgIpc) is 2.63. The molecule has 1 aliphatic rings. The second kappa shape index (κ2) is 3.62. The van der Waals surface area contributed by atoms with Crippen LogP contribution < -0.4 is 11.1 Å². The van der Waals surface area contributed by atoms with E-state index in [9.17, 15) is 4.79 Å². The van der Waals surface area contributed by atoms with Crippen LogP contribution in [0.2, 0.25) is 0 Å². The average molecular weight is 228 g/mol. The Morgan fingerprint density at radius 1 is 1.41 bits per heavy atom. The third kappa shape index (κ3) is 1.56. The standard InChI is InChI=1S/C12H12N4O/c13-11(17)9-7-14-16-6-5-8-3-1-2-4-10(8)15-12(9)16/h1-4,7,15H,5-6H2,(H2,13,17). The van der Waals surface area contributed by atoms with Gasteiger partial charge in [0.05, 0.1) is 6.20 Å². The van der Waals surface area contributed by atoms with E-state index in [4.69, 9.17) is 5.73 Å². The second-order valence-electron chi connectivity index (χ2n) is 4.03. The maximum atomic E-state index is 11.3. The maximum Gasteiger partial charge on any atom is 0.254 e. The molecule has 1 amide bonds. The van der Waals surface area contributed by atoms with E-state index in [1.807, 2.05) is 18.2 Å². The van der Waals surface area contributed by atoms with Gasteiger partial charge in [-0.25, -0.2) is 4.68 Å². The van der Waals surface area contributed by atoms with E-state index in [2.05, 4.69) is 16.5 Å². The molecule has 5 heteroatoms. The van der Waals surface area contributed by atoms with E-state index < -0.39 is 5.91 Å². The van der Waals surface area contributed by atoms with Gasteiger partial charge in [0.15, 0.2) is 0 Å². The van der Waals surface area contributed by atoms with Crippen molar-refractivity contribution in [1.82, 2.24) is 9.78 Å². The number of carbonyl (C=O) groups excluding carboxylic acids is 1. The first-order valence-electron chi connectivity index (χ1n) is 5.46. The van der Waals surface area contributed by atoms with Crippen LogP contribution in [0.1, 0.15) is 15.9 Å². The number of aromatic nitrogens is 2. The van der Waals surface area contributed by atoms with Crippen molar-refractivity contribution >= 4 is 17.4 Å². The normalized spacial score (nSPS) is 13.2. The third-order valence-corrected chi connectivity index (χ3v) is 2.97. The fraction of sp³-hybridized carbons (Fsp3) is 0.167. The molecule has 2 aromatic rings. The van der Waals surface area contributed by atoms with Crippen molar-refractivity contribution in [2.24, 2.45) is 5.73 Å². The summed E-state index contributed by atoms with van der Waals surface area (Å²) in [5, 5.41) is 7.41. The number of nitrogens with zero attached hydrogens (tertiary/aromatic N) is 2. The highest BCUT2D eigenvalue weighted by molar-refractivity contribution is 5.98. The number of hydrogen-bond donors (Lipinski definition) is 2. The lowest BCUT2D eigenvalue weighted by atomic mass is 10.1. The van der Waals surface area contributed by atoms with E-state index in [-0.39, 0.29) is 0 Å². The lowest BCUT2D eigenvalue weighted by molar-refractivity contribution is 0.100. The highest BCUT2D eigenvalue weighted by Gasteiger charge is 2.19. The van der Waals surface area contributed by atoms with Crippen LogP contribution in [-0.2, 0) is 13.0 Å². The van der Waals surface area contributed by atoms with Crippen LogP contribution in [0.5, 0.6) is 0 Å². The minimum absolute atomic E-state index is 0.432. The molecule has 0 atom stereocenters. The van der Waals surface area contributed by atoms with Gasteiger partial charge in [0.25, 0.3) is 5.91 Å². The summed E-state index contributed by atoms with van der Waals surface area (Å²) in [5.41, 5.74) is 7.98. The number of rotatable bonds is 1. The van der Waals surface area contributed by atoms with Crippen molar-refractivity contribution < 1.29 is 4.79 Å². The van der Waals surface area contributed by atoms with Crippen LogP contribution in [0.3, 0.4) is 0 Å². The highest BCUT2D eigenvalue weighted by atomic mass is 16.1. The van der Waals surface area contributed by atoms with E-state index in [1.54, 1.807) is 4.68 Å². The number of fused-ring (bicyclic) bond motifs is 2. The summed E-state index contributed by atoms with van der Waals surface area (Å²) in [6.45, 7) is 0.743. The second-order valence-corrected chi connectivity index (χ2v) is 4.03. The summed E-state index contributed by atoms with van der Waals surface area (Å²) < 4.78 is 1.78. The molecule has 2 heterocycles. The minimum Gasteiger partial charge on any atom is -0.365 e.